The van der Waals surface area contributed by atoms with Crippen LogP contribution in [0.3, 0.4) is 0 Å². The van der Waals surface area contributed by atoms with Crippen LogP contribution in [0.1, 0.15) is 10.4 Å². The van der Waals surface area contributed by atoms with Gasteiger partial charge in [-0.1, -0.05) is 0 Å². The van der Waals surface area contributed by atoms with Gasteiger partial charge in [0.05, 0.1) is 23.3 Å². The SMILES string of the molecule is COC(=O)c1cc(S(C)(=O)=O)c(-n2ccc(=O)cc2)cc1N. The Morgan fingerprint density at radius 1 is 1.23 bits per heavy atom. The summed E-state index contributed by atoms with van der Waals surface area (Å²) in [5.41, 5.74) is 5.88. The zero-order valence-electron chi connectivity index (χ0n) is 11.9. The lowest BCUT2D eigenvalue weighted by Gasteiger charge is -2.14. The second-order valence-electron chi connectivity index (χ2n) is 4.61. The van der Waals surface area contributed by atoms with Gasteiger partial charge in [0.15, 0.2) is 15.3 Å². The predicted molar refractivity (Wildman–Crippen MR) is 80.9 cm³/mol. The first-order chi connectivity index (χ1) is 10.2. The smallest absolute Gasteiger partial charge is 0.340 e. The molecule has 0 saturated heterocycles. The van der Waals surface area contributed by atoms with Crippen LogP contribution in [-0.2, 0) is 14.6 Å². The molecule has 2 N–H and O–H groups in total. The van der Waals surface area contributed by atoms with Gasteiger partial charge in [-0.15, -0.1) is 0 Å². The maximum Gasteiger partial charge on any atom is 0.340 e. The Bertz CT molecular complexity index is 879. The molecule has 0 saturated carbocycles. The van der Waals surface area contributed by atoms with Gasteiger partial charge in [-0.2, -0.15) is 0 Å². The van der Waals surface area contributed by atoms with E-state index in [0.29, 0.717) is 0 Å². The third-order valence-corrected chi connectivity index (χ3v) is 4.14. The highest BCUT2D eigenvalue weighted by molar-refractivity contribution is 7.90. The van der Waals surface area contributed by atoms with Crippen LogP contribution in [-0.4, -0.2) is 32.3 Å². The van der Waals surface area contributed by atoms with Crippen molar-refractivity contribution in [2.75, 3.05) is 19.1 Å². The molecule has 1 heterocycles. The summed E-state index contributed by atoms with van der Waals surface area (Å²) >= 11 is 0. The van der Waals surface area contributed by atoms with Gasteiger partial charge in [-0.05, 0) is 12.1 Å². The lowest BCUT2D eigenvalue weighted by atomic mass is 10.1. The number of aromatic nitrogens is 1. The summed E-state index contributed by atoms with van der Waals surface area (Å²) in [4.78, 5) is 22.7. The van der Waals surface area contributed by atoms with E-state index in [1.165, 1.54) is 48.3 Å². The quantitative estimate of drug-likeness (QED) is 0.655. The molecule has 8 heteroatoms. The summed E-state index contributed by atoms with van der Waals surface area (Å²) in [6.07, 6.45) is 3.86. The number of methoxy groups -OCH3 is 1. The van der Waals surface area contributed by atoms with Crippen molar-refractivity contribution in [3.05, 3.63) is 52.4 Å². The minimum absolute atomic E-state index is 0.0345. The van der Waals surface area contributed by atoms with Crippen molar-refractivity contribution in [3.63, 3.8) is 0 Å². The average Bonchev–Trinajstić information content (AvgIpc) is 2.45. The molecular formula is C14H14N2O5S. The first-order valence-electron chi connectivity index (χ1n) is 6.14. The monoisotopic (exact) mass is 322 g/mol. The summed E-state index contributed by atoms with van der Waals surface area (Å²) in [7, 11) is -2.46. The first-order valence-corrected chi connectivity index (χ1v) is 8.04. The van der Waals surface area contributed by atoms with Crippen LogP contribution in [0.5, 0.6) is 0 Å². The van der Waals surface area contributed by atoms with Gasteiger partial charge >= 0.3 is 5.97 Å². The van der Waals surface area contributed by atoms with Crippen molar-refractivity contribution in [1.29, 1.82) is 0 Å². The van der Waals surface area contributed by atoms with Crippen molar-refractivity contribution in [2.24, 2.45) is 0 Å². The zero-order chi connectivity index (χ0) is 16.5. The summed E-state index contributed by atoms with van der Waals surface area (Å²) in [6.45, 7) is 0. The van der Waals surface area contributed by atoms with Crippen molar-refractivity contribution in [3.8, 4) is 5.69 Å². The van der Waals surface area contributed by atoms with Gasteiger partial charge in [-0.3, -0.25) is 4.79 Å². The highest BCUT2D eigenvalue weighted by Crippen LogP contribution is 2.26. The molecule has 2 rings (SSSR count). The van der Waals surface area contributed by atoms with E-state index in [1.807, 2.05) is 0 Å². The molecule has 0 aliphatic heterocycles. The number of nitrogens with zero attached hydrogens (tertiary/aromatic N) is 1. The van der Waals surface area contributed by atoms with Crippen LogP contribution in [0.2, 0.25) is 0 Å². The fourth-order valence-electron chi connectivity index (χ4n) is 1.94. The second-order valence-corrected chi connectivity index (χ2v) is 6.60. The third-order valence-electron chi connectivity index (χ3n) is 3.01. The molecule has 2 aromatic rings. The standard InChI is InChI=1S/C14H14N2O5S/c1-21-14(18)10-7-13(22(2,19)20)12(8-11(10)15)16-5-3-9(17)4-6-16/h3-8H,15H2,1-2H3. The molecule has 0 atom stereocenters. The number of sulfone groups is 1. The maximum absolute atomic E-state index is 12.0. The predicted octanol–water partition coefficient (Wildman–Crippen LogP) is 0.610. The molecule has 116 valence electrons. The zero-order valence-corrected chi connectivity index (χ0v) is 12.8. The Labute approximate surface area is 126 Å². The Morgan fingerprint density at radius 3 is 2.32 bits per heavy atom. The molecule has 1 aromatic carbocycles. The van der Waals surface area contributed by atoms with Gasteiger partial charge in [0.25, 0.3) is 0 Å². The fraction of sp³-hybridized carbons (Fsp3) is 0.143. The number of carbonyl (C=O) groups excluding carboxylic acids is 1. The van der Waals surface area contributed by atoms with Crippen molar-refractivity contribution in [2.45, 2.75) is 4.90 Å². The van der Waals surface area contributed by atoms with Crippen LogP contribution in [0, 0.1) is 0 Å². The van der Waals surface area contributed by atoms with E-state index in [4.69, 9.17) is 5.73 Å². The van der Waals surface area contributed by atoms with Gasteiger partial charge in [-0.25, -0.2) is 13.2 Å². The summed E-state index contributed by atoms with van der Waals surface area (Å²) in [5, 5.41) is 0. The molecule has 0 unspecified atom stereocenters. The van der Waals surface area contributed by atoms with Crippen LogP contribution in [0.4, 0.5) is 5.69 Å². The van der Waals surface area contributed by atoms with E-state index < -0.39 is 15.8 Å². The van der Waals surface area contributed by atoms with E-state index in [-0.39, 0.29) is 27.3 Å². The Kier molecular flexibility index (Phi) is 4.05. The van der Waals surface area contributed by atoms with E-state index in [2.05, 4.69) is 4.74 Å². The van der Waals surface area contributed by atoms with Crippen molar-refractivity contribution < 1.29 is 17.9 Å². The number of anilines is 1. The van der Waals surface area contributed by atoms with Crippen molar-refractivity contribution >= 4 is 21.5 Å². The van der Waals surface area contributed by atoms with E-state index >= 15 is 0 Å². The first kappa shape index (κ1) is 15.8. The fourth-order valence-corrected chi connectivity index (χ4v) is 2.82. The molecule has 0 bridgehead atoms. The van der Waals surface area contributed by atoms with Crippen LogP contribution >= 0.6 is 0 Å². The topological polar surface area (TPSA) is 108 Å². The summed E-state index contributed by atoms with van der Waals surface area (Å²) in [6, 6.07) is 5.10. The number of esters is 1. The van der Waals surface area contributed by atoms with Gasteiger partial charge < -0.3 is 15.0 Å². The van der Waals surface area contributed by atoms with Crippen LogP contribution in [0.25, 0.3) is 5.69 Å². The van der Waals surface area contributed by atoms with Gasteiger partial charge in [0, 0.05) is 36.5 Å². The molecule has 0 radical (unpaired) electrons. The molecule has 0 amide bonds. The Morgan fingerprint density at radius 2 is 1.82 bits per heavy atom. The highest BCUT2D eigenvalue weighted by Gasteiger charge is 2.20. The number of hydrogen-bond donors (Lipinski definition) is 1. The minimum Gasteiger partial charge on any atom is -0.465 e. The minimum atomic E-state index is -3.64. The van der Waals surface area contributed by atoms with E-state index in [1.54, 1.807) is 0 Å². The molecular weight excluding hydrogens is 308 g/mol. The number of benzene rings is 1. The molecule has 7 nitrogen and oxygen atoms in total. The molecule has 1 aromatic heterocycles. The lowest BCUT2D eigenvalue weighted by molar-refractivity contribution is 0.0601. The lowest BCUT2D eigenvalue weighted by Crippen LogP contribution is -2.12. The number of carbonyl (C=O) groups is 1. The number of rotatable bonds is 3. The third kappa shape index (κ3) is 3.01. The number of pyridine rings is 1. The van der Waals surface area contributed by atoms with Crippen LogP contribution in [0.15, 0.2) is 46.3 Å². The Balaban J connectivity index is 2.78. The molecule has 0 aliphatic rings. The van der Waals surface area contributed by atoms with Gasteiger partial charge in [0.2, 0.25) is 0 Å². The number of ether oxygens (including phenoxy) is 1. The Hall–Kier alpha value is -2.61. The van der Waals surface area contributed by atoms with Crippen LogP contribution < -0.4 is 11.2 Å². The molecule has 22 heavy (non-hydrogen) atoms. The molecule has 0 aliphatic carbocycles. The molecule has 0 spiro atoms. The highest BCUT2D eigenvalue weighted by atomic mass is 32.2. The average molecular weight is 322 g/mol. The summed E-state index contributed by atoms with van der Waals surface area (Å²) < 4.78 is 30.0. The van der Waals surface area contributed by atoms with Gasteiger partial charge in [0.1, 0.15) is 0 Å². The normalized spacial score (nSPS) is 11.2. The summed E-state index contributed by atoms with van der Waals surface area (Å²) in [5.74, 6) is -0.728. The largest absolute Gasteiger partial charge is 0.465 e. The number of nitrogen functional groups attached to an aromatic ring is 1. The van der Waals surface area contributed by atoms with Crippen molar-refractivity contribution in [1.82, 2.24) is 4.57 Å². The maximum atomic E-state index is 12.0. The second kappa shape index (κ2) is 5.64. The van der Waals surface area contributed by atoms with E-state index in [9.17, 15) is 18.0 Å². The number of hydrogen-bond acceptors (Lipinski definition) is 6. The number of nitrogens with two attached hydrogens (primary N) is 1. The molecule has 0 fully saturated rings. The van der Waals surface area contributed by atoms with E-state index in [0.717, 1.165) is 6.26 Å².